The van der Waals surface area contributed by atoms with E-state index in [1.807, 2.05) is 31.9 Å². The van der Waals surface area contributed by atoms with Crippen LogP contribution in [0.1, 0.15) is 19.4 Å². The van der Waals surface area contributed by atoms with E-state index in [0.29, 0.717) is 6.54 Å². The summed E-state index contributed by atoms with van der Waals surface area (Å²) in [6.45, 7) is 4.71. The Kier molecular flexibility index (Phi) is 8.96. The largest absolute Gasteiger partial charge is 0.361 e. The van der Waals surface area contributed by atoms with E-state index < -0.39 is 0 Å². The van der Waals surface area contributed by atoms with Crippen LogP contribution in [-0.2, 0) is 6.42 Å². The van der Waals surface area contributed by atoms with Crippen molar-refractivity contribution in [1.82, 2.24) is 4.98 Å². The molecule has 1 aromatic heterocycles. The van der Waals surface area contributed by atoms with E-state index in [4.69, 9.17) is 5.73 Å². The van der Waals surface area contributed by atoms with Crippen molar-refractivity contribution in [3.05, 3.63) is 36.0 Å². The van der Waals surface area contributed by atoms with Gasteiger partial charge in [-0.2, -0.15) is 0 Å². The highest BCUT2D eigenvalue weighted by Crippen LogP contribution is 2.17. The third-order valence-corrected chi connectivity index (χ3v) is 2.09. The number of H-pyrrole nitrogens is 1. The van der Waals surface area contributed by atoms with Gasteiger partial charge in [0.25, 0.3) is 0 Å². The summed E-state index contributed by atoms with van der Waals surface area (Å²) in [5.41, 5.74) is 8.01. The Bertz CT molecular complexity index is 382. The zero-order chi connectivity index (χ0) is 12.4. The van der Waals surface area contributed by atoms with Crippen LogP contribution in [0.3, 0.4) is 0 Å². The van der Waals surface area contributed by atoms with Crippen molar-refractivity contribution >= 4 is 26.8 Å². The minimum absolute atomic E-state index is 0.710. The Labute approximate surface area is 106 Å². The fourth-order valence-electron chi connectivity index (χ4n) is 1.49. The zero-order valence-corrected chi connectivity index (χ0v) is 11.8. The number of halogens is 1. The molecule has 0 aliphatic carbocycles. The quantitative estimate of drug-likeness (QED) is 0.811. The fraction of sp³-hybridized carbons (Fsp3) is 0.385. The van der Waals surface area contributed by atoms with Gasteiger partial charge in [0.15, 0.2) is 0 Å². The predicted molar refractivity (Wildman–Crippen MR) is 77.3 cm³/mol. The summed E-state index contributed by atoms with van der Waals surface area (Å²) in [5.74, 6) is 1.81. The van der Waals surface area contributed by atoms with Crippen molar-refractivity contribution in [2.75, 3.05) is 12.4 Å². The minimum atomic E-state index is 0.710. The van der Waals surface area contributed by atoms with Gasteiger partial charge in [-0.05, 0) is 30.4 Å². The van der Waals surface area contributed by atoms with E-state index in [0.717, 1.165) is 6.42 Å². The maximum absolute atomic E-state index is 5.50. The summed E-state index contributed by atoms with van der Waals surface area (Å²) in [6, 6.07) is 8.29. The standard InChI is InChI=1S/C10H12N2.C2H6.CH3Br/c11-6-5-8-7-12-10-4-2-1-3-9(8)10;2*1-2/h1-4,7,12H,5-6,11H2;1-2H3;1H3. The molecule has 1 aromatic carbocycles. The van der Waals surface area contributed by atoms with E-state index in [-0.39, 0.29) is 0 Å². The molecule has 0 aliphatic rings. The van der Waals surface area contributed by atoms with Crippen LogP contribution in [0.25, 0.3) is 10.9 Å². The molecule has 2 aromatic rings. The van der Waals surface area contributed by atoms with Gasteiger partial charge >= 0.3 is 0 Å². The van der Waals surface area contributed by atoms with Gasteiger partial charge in [0.2, 0.25) is 0 Å². The van der Waals surface area contributed by atoms with E-state index in [1.165, 1.54) is 16.5 Å². The molecular formula is C13H21BrN2. The topological polar surface area (TPSA) is 41.8 Å². The SMILES string of the molecule is CBr.CC.NCCc1c[nH]c2ccccc12. The van der Waals surface area contributed by atoms with Gasteiger partial charge in [0, 0.05) is 17.1 Å². The number of nitrogens with one attached hydrogen (secondary N) is 1. The van der Waals surface area contributed by atoms with Crippen LogP contribution in [0, 0.1) is 0 Å². The predicted octanol–water partition coefficient (Wildman–Crippen LogP) is 3.71. The normalized spacial score (nSPS) is 8.81. The number of fused-ring (bicyclic) bond motifs is 1. The second-order valence-corrected chi connectivity index (χ2v) is 2.90. The average molecular weight is 285 g/mol. The average Bonchev–Trinajstić information content (AvgIpc) is 2.79. The van der Waals surface area contributed by atoms with Gasteiger partial charge < -0.3 is 10.7 Å². The molecular weight excluding hydrogens is 264 g/mol. The van der Waals surface area contributed by atoms with E-state index in [1.54, 1.807) is 0 Å². The van der Waals surface area contributed by atoms with E-state index in [9.17, 15) is 0 Å². The Balaban J connectivity index is 0.000000509. The summed E-state index contributed by atoms with van der Waals surface area (Å²) < 4.78 is 0. The third kappa shape index (κ3) is 3.99. The Hall–Kier alpha value is -0.800. The molecule has 0 atom stereocenters. The first kappa shape index (κ1) is 15.2. The van der Waals surface area contributed by atoms with Crippen LogP contribution in [0.2, 0.25) is 0 Å². The number of hydrogen-bond donors (Lipinski definition) is 2. The molecule has 1 heterocycles. The number of aromatic amines is 1. The second-order valence-electron chi connectivity index (χ2n) is 2.90. The molecule has 0 unspecified atom stereocenters. The Morgan fingerprint density at radius 3 is 2.44 bits per heavy atom. The number of para-hydroxylation sites is 1. The van der Waals surface area contributed by atoms with Crippen LogP contribution < -0.4 is 5.73 Å². The van der Waals surface area contributed by atoms with Gasteiger partial charge in [-0.25, -0.2) is 0 Å². The fourth-order valence-corrected chi connectivity index (χ4v) is 1.49. The number of nitrogens with two attached hydrogens (primary N) is 1. The van der Waals surface area contributed by atoms with Crippen LogP contribution in [-0.4, -0.2) is 17.4 Å². The molecule has 0 amide bonds. The second kappa shape index (κ2) is 9.43. The lowest BCUT2D eigenvalue weighted by atomic mass is 10.1. The van der Waals surface area contributed by atoms with Crippen molar-refractivity contribution in [2.45, 2.75) is 20.3 Å². The van der Waals surface area contributed by atoms with Gasteiger partial charge in [0.05, 0.1) is 0 Å². The van der Waals surface area contributed by atoms with E-state index in [2.05, 4.69) is 39.1 Å². The first-order chi connectivity index (χ1) is 7.92. The highest BCUT2D eigenvalue weighted by Gasteiger charge is 1.99. The molecule has 0 saturated heterocycles. The highest BCUT2D eigenvalue weighted by atomic mass is 79.9. The summed E-state index contributed by atoms with van der Waals surface area (Å²) in [7, 11) is 0. The lowest BCUT2D eigenvalue weighted by molar-refractivity contribution is 0.976. The molecule has 16 heavy (non-hydrogen) atoms. The highest BCUT2D eigenvalue weighted by molar-refractivity contribution is 9.08. The molecule has 0 spiro atoms. The molecule has 90 valence electrons. The summed E-state index contributed by atoms with van der Waals surface area (Å²) >= 11 is 2.94. The monoisotopic (exact) mass is 284 g/mol. The van der Waals surface area contributed by atoms with Crippen molar-refractivity contribution < 1.29 is 0 Å². The number of rotatable bonds is 2. The summed E-state index contributed by atoms with van der Waals surface area (Å²) in [4.78, 5) is 3.22. The van der Waals surface area contributed by atoms with Gasteiger partial charge in [-0.1, -0.05) is 48.0 Å². The smallest absolute Gasteiger partial charge is 0.0456 e. The Morgan fingerprint density at radius 2 is 1.81 bits per heavy atom. The molecule has 0 aliphatic heterocycles. The maximum Gasteiger partial charge on any atom is 0.0456 e. The van der Waals surface area contributed by atoms with Crippen LogP contribution in [0.15, 0.2) is 30.5 Å². The van der Waals surface area contributed by atoms with Crippen LogP contribution in [0.5, 0.6) is 0 Å². The van der Waals surface area contributed by atoms with Gasteiger partial charge in [0.1, 0.15) is 0 Å². The third-order valence-electron chi connectivity index (χ3n) is 2.09. The lowest BCUT2D eigenvalue weighted by Crippen LogP contribution is -2.01. The molecule has 2 rings (SSSR count). The number of hydrogen-bond acceptors (Lipinski definition) is 1. The van der Waals surface area contributed by atoms with Crippen molar-refractivity contribution in [3.8, 4) is 0 Å². The minimum Gasteiger partial charge on any atom is -0.361 e. The van der Waals surface area contributed by atoms with Crippen molar-refractivity contribution in [2.24, 2.45) is 5.73 Å². The number of alkyl halides is 1. The van der Waals surface area contributed by atoms with Crippen molar-refractivity contribution in [3.63, 3.8) is 0 Å². The summed E-state index contributed by atoms with van der Waals surface area (Å²) in [5, 5.41) is 1.29. The maximum atomic E-state index is 5.50. The van der Waals surface area contributed by atoms with Crippen LogP contribution >= 0.6 is 15.9 Å². The zero-order valence-electron chi connectivity index (χ0n) is 10.3. The summed E-state index contributed by atoms with van der Waals surface area (Å²) in [6.07, 6.45) is 2.99. The molecule has 3 heteroatoms. The Morgan fingerprint density at radius 1 is 1.19 bits per heavy atom. The first-order valence-corrected chi connectivity index (χ1v) is 7.13. The molecule has 2 nitrogen and oxygen atoms in total. The lowest BCUT2D eigenvalue weighted by Gasteiger charge is -1.93. The van der Waals surface area contributed by atoms with E-state index >= 15 is 0 Å². The number of aromatic nitrogens is 1. The molecule has 0 bridgehead atoms. The van der Waals surface area contributed by atoms with Crippen LogP contribution in [0.4, 0.5) is 0 Å². The van der Waals surface area contributed by atoms with Gasteiger partial charge in [-0.15, -0.1) is 0 Å². The number of benzene rings is 1. The molecule has 3 N–H and O–H groups in total. The van der Waals surface area contributed by atoms with Crippen molar-refractivity contribution in [1.29, 1.82) is 0 Å². The van der Waals surface area contributed by atoms with Gasteiger partial charge in [-0.3, -0.25) is 0 Å². The molecule has 0 fully saturated rings. The molecule has 0 radical (unpaired) electrons. The first-order valence-electron chi connectivity index (χ1n) is 5.54. The molecule has 0 saturated carbocycles.